The second kappa shape index (κ2) is 7.79. The lowest BCUT2D eigenvalue weighted by Crippen LogP contribution is -2.39. The molecule has 0 N–H and O–H groups in total. The van der Waals surface area contributed by atoms with Crippen molar-refractivity contribution in [3.63, 3.8) is 0 Å². The Morgan fingerprint density at radius 2 is 2.03 bits per heavy atom. The van der Waals surface area contributed by atoms with Gasteiger partial charge in [0.1, 0.15) is 4.32 Å². The number of halogens is 1. The lowest BCUT2D eigenvalue weighted by Gasteiger charge is -2.21. The van der Waals surface area contributed by atoms with E-state index in [0.717, 1.165) is 34.8 Å². The fourth-order valence-corrected chi connectivity index (χ4v) is 7.42. The smallest absolute Gasteiger partial charge is 0.267 e. The number of rotatable bonds is 4. The van der Waals surface area contributed by atoms with E-state index in [2.05, 4.69) is 22.9 Å². The Labute approximate surface area is 187 Å². The van der Waals surface area contributed by atoms with Crippen molar-refractivity contribution in [3.05, 3.63) is 33.1 Å². The van der Waals surface area contributed by atoms with Gasteiger partial charge in [0, 0.05) is 16.6 Å². The molecule has 0 saturated carbocycles. The highest BCUT2D eigenvalue weighted by Crippen LogP contribution is 2.46. The number of thioether (sulfide) groups is 1. The predicted molar refractivity (Wildman–Crippen MR) is 122 cm³/mol. The molecule has 0 aliphatic carbocycles. The summed E-state index contributed by atoms with van der Waals surface area (Å²) in [6.07, 6.45) is 2.18. The van der Waals surface area contributed by atoms with Gasteiger partial charge in [-0.3, -0.25) is 14.5 Å². The first-order chi connectivity index (χ1) is 13.7. The summed E-state index contributed by atoms with van der Waals surface area (Å²) in [6.45, 7) is 2.64. The van der Waals surface area contributed by atoms with Gasteiger partial charge in [-0.1, -0.05) is 53.3 Å². The molecule has 1 aromatic rings. The number of hydrogen-bond acceptors (Lipinski definition) is 6. The number of carbonyl (C=O) groups excluding carboxylic acids is 2. The maximum absolute atomic E-state index is 13.3. The maximum Gasteiger partial charge on any atom is 0.267 e. The molecule has 1 aromatic carbocycles. The molecule has 4 rings (SSSR count). The summed E-state index contributed by atoms with van der Waals surface area (Å²) < 4.78 is 24.9. The number of hydrogen-bond donors (Lipinski definition) is 0. The summed E-state index contributed by atoms with van der Waals surface area (Å²) in [5, 5.41) is 0. The zero-order valence-corrected chi connectivity index (χ0v) is 19.7. The number of sulfone groups is 1. The number of carbonyl (C=O) groups is 2. The van der Waals surface area contributed by atoms with Crippen molar-refractivity contribution < 1.29 is 18.0 Å². The van der Waals surface area contributed by atoms with Crippen molar-refractivity contribution in [2.75, 3.05) is 23.0 Å². The van der Waals surface area contributed by atoms with Gasteiger partial charge >= 0.3 is 0 Å². The number of fused-ring (bicyclic) bond motifs is 1. The van der Waals surface area contributed by atoms with Crippen molar-refractivity contribution in [2.24, 2.45) is 0 Å². The molecule has 0 bridgehead atoms. The van der Waals surface area contributed by atoms with Crippen LogP contribution in [0.25, 0.3) is 5.57 Å². The number of amides is 2. The quantitative estimate of drug-likeness (QED) is 0.453. The molecule has 1 atom stereocenters. The Morgan fingerprint density at radius 3 is 2.69 bits per heavy atom. The third-order valence-electron chi connectivity index (χ3n) is 5.31. The topological polar surface area (TPSA) is 74.8 Å². The number of thiocarbonyl (C=S) groups is 1. The van der Waals surface area contributed by atoms with Crippen LogP contribution in [0.15, 0.2) is 27.6 Å². The highest BCUT2D eigenvalue weighted by molar-refractivity contribution is 9.10. The molecule has 0 aromatic heterocycles. The van der Waals surface area contributed by atoms with Crippen LogP contribution in [0.4, 0.5) is 5.69 Å². The van der Waals surface area contributed by atoms with Crippen LogP contribution in [0.2, 0.25) is 0 Å². The van der Waals surface area contributed by atoms with E-state index in [1.54, 1.807) is 4.90 Å². The fourth-order valence-electron chi connectivity index (χ4n) is 3.89. The first-order valence-corrected chi connectivity index (χ1v) is 13.2. The Balaban J connectivity index is 1.77. The second-order valence-corrected chi connectivity index (χ2v) is 12.1. The summed E-state index contributed by atoms with van der Waals surface area (Å²) in [7, 11) is -3.16. The number of benzene rings is 1. The predicted octanol–water partition coefficient (Wildman–Crippen LogP) is 3.35. The van der Waals surface area contributed by atoms with Crippen LogP contribution in [0, 0.1) is 0 Å². The summed E-state index contributed by atoms with van der Waals surface area (Å²) in [5.74, 6) is -0.597. The van der Waals surface area contributed by atoms with Crippen LogP contribution >= 0.6 is 39.9 Å². The Kier molecular flexibility index (Phi) is 5.65. The lowest BCUT2D eigenvalue weighted by molar-refractivity contribution is -0.123. The molecule has 3 aliphatic rings. The van der Waals surface area contributed by atoms with Gasteiger partial charge in [0.05, 0.1) is 33.7 Å². The summed E-state index contributed by atoms with van der Waals surface area (Å²) >= 11 is 9.96. The van der Waals surface area contributed by atoms with Crippen LogP contribution in [0.5, 0.6) is 0 Å². The molecule has 0 spiro atoms. The highest BCUT2D eigenvalue weighted by atomic mass is 79.9. The molecule has 2 fully saturated rings. The van der Waals surface area contributed by atoms with E-state index in [1.165, 1.54) is 4.90 Å². The number of nitrogens with zero attached hydrogens (tertiary/aromatic N) is 2. The van der Waals surface area contributed by atoms with E-state index in [4.69, 9.17) is 12.2 Å². The molecule has 0 unspecified atom stereocenters. The summed E-state index contributed by atoms with van der Waals surface area (Å²) in [5.41, 5.74) is 1.86. The molecular formula is C19H19BrN2O4S3. The third kappa shape index (κ3) is 3.68. The van der Waals surface area contributed by atoms with Gasteiger partial charge in [0.15, 0.2) is 9.84 Å². The van der Waals surface area contributed by atoms with Crippen molar-refractivity contribution in [2.45, 2.75) is 32.2 Å². The molecule has 3 heterocycles. The monoisotopic (exact) mass is 514 g/mol. The van der Waals surface area contributed by atoms with Crippen LogP contribution in [0.1, 0.15) is 31.7 Å². The van der Waals surface area contributed by atoms with Crippen molar-refractivity contribution in [1.29, 1.82) is 0 Å². The molecule has 6 nitrogen and oxygen atoms in total. The molecular weight excluding hydrogens is 496 g/mol. The van der Waals surface area contributed by atoms with Crippen molar-refractivity contribution >= 4 is 77.1 Å². The highest BCUT2D eigenvalue weighted by Gasteiger charge is 2.46. The van der Waals surface area contributed by atoms with E-state index in [9.17, 15) is 18.0 Å². The van der Waals surface area contributed by atoms with Gasteiger partial charge in [-0.2, -0.15) is 0 Å². The first-order valence-electron chi connectivity index (χ1n) is 9.35. The number of anilines is 1. The minimum Gasteiger partial charge on any atom is -0.308 e. The van der Waals surface area contributed by atoms with Crippen molar-refractivity contribution in [3.8, 4) is 0 Å². The molecule has 10 heteroatoms. The largest absolute Gasteiger partial charge is 0.308 e. The van der Waals surface area contributed by atoms with Crippen LogP contribution in [-0.4, -0.2) is 53.5 Å². The minimum absolute atomic E-state index is 0.0557. The Bertz CT molecular complexity index is 1070. The first kappa shape index (κ1) is 21.0. The minimum atomic E-state index is -3.16. The molecule has 154 valence electrons. The molecule has 3 aliphatic heterocycles. The van der Waals surface area contributed by atoms with Gasteiger partial charge in [0.25, 0.3) is 11.8 Å². The summed E-state index contributed by atoms with van der Waals surface area (Å²) in [6, 6.07) is 5.15. The molecule has 0 radical (unpaired) electrons. The van der Waals surface area contributed by atoms with Gasteiger partial charge < -0.3 is 4.90 Å². The Hall–Kier alpha value is -1.23. The standard InChI is InChI=1S/C19H19BrN2O4S3/c1-2-3-7-21-14-5-4-11(20)9-13(14)15(17(21)23)16-18(24)22(19(27)28-16)12-6-8-29(25,26)10-12/h4-5,9,12H,2-3,6-8,10H2,1H3/b16-15-/t12-/m1/s1. The van der Waals surface area contributed by atoms with E-state index < -0.39 is 15.9 Å². The lowest BCUT2D eigenvalue weighted by atomic mass is 10.1. The molecule has 2 amide bonds. The molecule has 29 heavy (non-hydrogen) atoms. The van der Waals surface area contributed by atoms with E-state index >= 15 is 0 Å². The average molecular weight is 515 g/mol. The zero-order valence-electron chi connectivity index (χ0n) is 15.7. The zero-order chi connectivity index (χ0) is 20.9. The molecule has 2 saturated heterocycles. The van der Waals surface area contributed by atoms with E-state index in [0.29, 0.717) is 33.3 Å². The van der Waals surface area contributed by atoms with E-state index in [-0.39, 0.29) is 23.3 Å². The van der Waals surface area contributed by atoms with E-state index in [1.807, 2.05) is 18.2 Å². The van der Waals surface area contributed by atoms with Gasteiger partial charge in [-0.25, -0.2) is 8.42 Å². The summed E-state index contributed by atoms with van der Waals surface area (Å²) in [4.78, 5) is 29.9. The maximum atomic E-state index is 13.3. The van der Waals surface area contributed by atoms with Gasteiger partial charge in [0.2, 0.25) is 0 Å². The SMILES string of the molecule is CCCCN1C(=O)/C(=C2\SC(=S)N([C@@H]3CCS(=O)(=O)C3)C2=O)c2cc(Br)ccc21. The average Bonchev–Trinajstić information content (AvgIpc) is 3.24. The van der Waals surface area contributed by atoms with Crippen LogP contribution < -0.4 is 4.90 Å². The van der Waals surface area contributed by atoms with Crippen LogP contribution in [0.3, 0.4) is 0 Å². The second-order valence-electron chi connectivity index (χ2n) is 7.28. The normalized spacial score (nSPS) is 26.0. The van der Waals surface area contributed by atoms with Crippen molar-refractivity contribution in [1.82, 2.24) is 4.90 Å². The van der Waals surface area contributed by atoms with Gasteiger partial charge in [-0.15, -0.1) is 0 Å². The van der Waals surface area contributed by atoms with Crippen LogP contribution in [-0.2, 0) is 19.4 Å². The number of unbranched alkanes of at least 4 members (excludes halogenated alkanes) is 1. The third-order valence-corrected chi connectivity index (χ3v) is 8.96. The Morgan fingerprint density at radius 1 is 1.28 bits per heavy atom. The van der Waals surface area contributed by atoms with Gasteiger partial charge in [-0.05, 0) is 31.0 Å². The fraction of sp³-hybridized carbons (Fsp3) is 0.421.